The van der Waals surface area contributed by atoms with Gasteiger partial charge in [0.05, 0.1) is 13.2 Å². The SMILES string of the molecule is COCCOCCCNCc1ccc(OC(F)F)cc1. The minimum atomic E-state index is -2.78. The van der Waals surface area contributed by atoms with Gasteiger partial charge in [-0.25, -0.2) is 0 Å². The van der Waals surface area contributed by atoms with Crippen LogP contribution < -0.4 is 10.1 Å². The van der Waals surface area contributed by atoms with E-state index in [4.69, 9.17) is 9.47 Å². The van der Waals surface area contributed by atoms with Crippen LogP contribution in [-0.2, 0) is 16.0 Å². The van der Waals surface area contributed by atoms with Crippen LogP contribution in [0.1, 0.15) is 12.0 Å². The van der Waals surface area contributed by atoms with Gasteiger partial charge in [0.25, 0.3) is 0 Å². The molecule has 0 radical (unpaired) electrons. The lowest BCUT2D eigenvalue weighted by Gasteiger charge is -2.07. The quantitative estimate of drug-likeness (QED) is 0.635. The first-order chi connectivity index (χ1) is 9.72. The minimum Gasteiger partial charge on any atom is -0.435 e. The number of hydrogen-bond donors (Lipinski definition) is 1. The Labute approximate surface area is 118 Å². The fourth-order valence-corrected chi connectivity index (χ4v) is 1.57. The Morgan fingerprint density at radius 3 is 2.50 bits per heavy atom. The maximum Gasteiger partial charge on any atom is 0.387 e. The predicted molar refractivity (Wildman–Crippen MR) is 72.1 cm³/mol. The van der Waals surface area contributed by atoms with E-state index < -0.39 is 6.61 Å². The molecule has 0 saturated carbocycles. The highest BCUT2D eigenvalue weighted by molar-refractivity contribution is 5.27. The molecule has 1 aromatic carbocycles. The van der Waals surface area contributed by atoms with Gasteiger partial charge in [-0.2, -0.15) is 8.78 Å². The second-order valence-electron chi connectivity index (χ2n) is 4.16. The summed E-state index contributed by atoms with van der Waals surface area (Å²) in [6, 6.07) is 6.60. The lowest BCUT2D eigenvalue weighted by molar-refractivity contribution is -0.0498. The summed E-state index contributed by atoms with van der Waals surface area (Å²) < 4.78 is 38.4. The van der Waals surface area contributed by atoms with Crippen LogP contribution in [0.5, 0.6) is 5.75 Å². The Morgan fingerprint density at radius 2 is 1.85 bits per heavy atom. The molecule has 1 N–H and O–H groups in total. The molecule has 0 aliphatic rings. The van der Waals surface area contributed by atoms with Crippen molar-refractivity contribution in [3.8, 4) is 5.75 Å². The van der Waals surface area contributed by atoms with Crippen molar-refractivity contribution < 1.29 is 23.0 Å². The van der Waals surface area contributed by atoms with Gasteiger partial charge in [0.2, 0.25) is 0 Å². The van der Waals surface area contributed by atoms with E-state index in [2.05, 4.69) is 10.1 Å². The molecule has 0 aromatic heterocycles. The van der Waals surface area contributed by atoms with Crippen LogP contribution in [0.2, 0.25) is 0 Å². The molecule has 0 atom stereocenters. The first kappa shape index (κ1) is 16.8. The zero-order valence-corrected chi connectivity index (χ0v) is 11.6. The molecule has 0 saturated heterocycles. The fraction of sp³-hybridized carbons (Fsp3) is 0.571. The molecule has 0 heterocycles. The molecule has 0 aliphatic carbocycles. The van der Waals surface area contributed by atoms with E-state index in [1.54, 1.807) is 19.2 Å². The van der Waals surface area contributed by atoms with Crippen molar-refractivity contribution in [3.63, 3.8) is 0 Å². The highest BCUT2D eigenvalue weighted by atomic mass is 19.3. The molecule has 0 unspecified atom stereocenters. The molecule has 0 fully saturated rings. The Balaban J connectivity index is 2.07. The van der Waals surface area contributed by atoms with Crippen molar-refractivity contribution in [1.29, 1.82) is 0 Å². The van der Waals surface area contributed by atoms with Crippen LogP contribution in [-0.4, -0.2) is 40.1 Å². The fourth-order valence-electron chi connectivity index (χ4n) is 1.57. The third-order valence-electron chi connectivity index (χ3n) is 2.55. The maximum atomic E-state index is 12.0. The Kier molecular flexibility index (Phi) is 8.86. The number of rotatable bonds is 11. The molecule has 20 heavy (non-hydrogen) atoms. The van der Waals surface area contributed by atoms with Crippen LogP contribution in [0.25, 0.3) is 0 Å². The molecule has 0 amide bonds. The van der Waals surface area contributed by atoms with Gasteiger partial charge < -0.3 is 19.5 Å². The van der Waals surface area contributed by atoms with Gasteiger partial charge in [0, 0.05) is 20.3 Å². The maximum absolute atomic E-state index is 12.0. The van der Waals surface area contributed by atoms with Crippen LogP contribution in [0.4, 0.5) is 8.78 Å². The largest absolute Gasteiger partial charge is 0.435 e. The second kappa shape index (κ2) is 10.5. The van der Waals surface area contributed by atoms with Crippen molar-refractivity contribution in [2.24, 2.45) is 0 Å². The predicted octanol–water partition coefficient (Wildman–Crippen LogP) is 2.43. The zero-order chi connectivity index (χ0) is 14.6. The van der Waals surface area contributed by atoms with Gasteiger partial charge in [-0.15, -0.1) is 0 Å². The minimum absolute atomic E-state index is 0.176. The third kappa shape index (κ3) is 8.04. The summed E-state index contributed by atoms with van der Waals surface area (Å²) >= 11 is 0. The summed E-state index contributed by atoms with van der Waals surface area (Å²) in [4.78, 5) is 0. The number of ether oxygens (including phenoxy) is 3. The lowest BCUT2D eigenvalue weighted by atomic mass is 10.2. The van der Waals surface area contributed by atoms with E-state index in [1.165, 1.54) is 12.1 Å². The number of halogens is 2. The van der Waals surface area contributed by atoms with Gasteiger partial charge in [0.15, 0.2) is 0 Å². The molecule has 1 rings (SSSR count). The number of methoxy groups -OCH3 is 1. The summed E-state index contributed by atoms with van der Waals surface area (Å²) in [6.45, 7) is 0.659. The van der Waals surface area contributed by atoms with E-state index in [9.17, 15) is 8.78 Å². The number of alkyl halides is 2. The molecule has 6 heteroatoms. The Bertz CT molecular complexity index is 347. The highest BCUT2D eigenvalue weighted by Gasteiger charge is 2.03. The smallest absolute Gasteiger partial charge is 0.387 e. The van der Waals surface area contributed by atoms with Gasteiger partial charge in [-0.3, -0.25) is 0 Å². The summed E-state index contributed by atoms with van der Waals surface area (Å²) in [5, 5.41) is 3.25. The zero-order valence-electron chi connectivity index (χ0n) is 11.6. The van der Waals surface area contributed by atoms with Crippen LogP contribution in [0.3, 0.4) is 0 Å². The summed E-state index contributed by atoms with van der Waals surface area (Å²) in [5.41, 5.74) is 1.02. The average Bonchev–Trinajstić information content (AvgIpc) is 2.43. The Morgan fingerprint density at radius 1 is 1.10 bits per heavy atom. The standard InChI is InChI=1S/C14H21F2NO3/c1-18-9-10-19-8-2-7-17-11-12-3-5-13(6-4-12)20-14(15)16/h3-6,14,17H,2,7-11H2,1H3. The molecule has 114 valence electrons. The van der Waals surface area contributed by atoms with Crippen molar-refractivity contribution in [2.75, 3.05) is 33.5 Å². The van der Waals surface area contributed by atoms with Gasteiger partial charge in [-0.05, 0) is 30.7 Å². The number of nitrogens with one attached hydrogen (secondary N) is 1. The van der Waals surface area contributed by atoms with Crippen LogP contribution in [0, 0.1) is 0 Å². The lowest BCUT2D eigenvalue weighted by Crippen LogP contribution is -2.16. The normalized spacial score (nSPS) is 11.0. The summed E-state index contributed by atoms with van der Waals surface area (Å²) in [6.07, 6.45) is 0.913. The summed E-state index contributed by atoms with van der Waals surface area (Å²) in [7, 11) is 1.64. The average molecular weight is 289 g/mol. The second-order valence-corrected chi connectivity index (χ2v) is 4.16. The first-order valence-electron chi connectivity index (χ1n) is 6.53. The van der Waals surface area contributed by atoms with Crippen molar-refractivity contribution >= 4 is 0 Å². The molecule has 4 nitrogen and oxygen atoms in total. The summed E-state index contributed by atoms with van der Waals surface area (Å²) in [5.74, 6) is 0.176. The first-order valence-corrected chi connectivity index (χ1v) is 6.53. The molecule has 1 aromatic rings. The van der Waals surface area contributed by atoms with E-state index in [0.29, 0.717) is 26.4 Å². The van der Waals surface area contributed by atoms with E-state index in [-0.39, 0.29) is 5.75 Å². The molecule has 0 aliphatic heterocycles. The van der Waals surface area contributed by atoms with E-state index >= 15 is 0 Å². The van der Waals surface area contributed by atoms with Gasteiger partial charge in [0.1, 0.15) is 5.75 Å². The molecular weight excluding hydrogens is 268 g/mol. The van der Waals surface area contributed by atoms with E-state index in [1.807, 2.05) is 0 Å². The van der Waals surface area contributed by atoms with Crippen LogP contribution >= 0.6 is 0 Å². The monoisotopic (exact) mass is 289 g/mol. The van der Waals surface area contributed by atoms with Crippen molar-refractivity contribution in [2.45, 2.75) is 19.6 Å². The molecule has 0 bridgehead atoms. The van der Waals surface area contributed by atoms with E-state index in [0.717, 1.165) is 18.5 Å². The van der Waals surface area contributed by atoms with Crippen LogP contribution in [0.15, 0.2) is 24.3 Å². The third-order valence-corrected chi connectivity index (χ3v) is 2.55. The Hall–Kier alpha value is -1.24. The van der Waals surface area contributed by atoms with Gasteiger partial charge >= 0.3 is 6.61 Å². The number of hydrogen-bond acceptors (Lipinski definition) is 4. The van der Waals surface area contributed by atoms with Gasteiger partial charge in [-0.1, -0.05) is 12.1 Å². The molecular formula is C14H21F2NO3. The number of benzene rings is 1. The highest BCUT2D eigenvalue weighted by Crippen LogP contribution is 2.14. The topological polar surface area (TPSA) is 39.7 Å². The van der Waals surface area contributed by atoms with Crippen molar-refractivity contribution in [3.05, 3.63) is 29.8 Å². The molecule has 0 spiro atoms. The van der Waals surface area contributed by atoms with Crippen molar-refractivity contribution in [1.82, 2.24) is 5.32 Å².